The van der Waals surface area contributed by atoms with Crippen molar-refractivity contribution in [3.63, 3.8) is 0 Å². The van der Waals surface area contributed by atoms with E-state index in [0.29, 0.717) is 6.42 Å². The molecule has 1 heterocycles. The maximum Gasteiger partial charge on any atom is 0.130 e. The van der Waals surface area contributed by atoms with Crippen LogP contribution in [0.5, 0.6) is 5.75 Å². The van der Waals surface area contributed by atoms with E-state index in [2.05, 4.69) is 4.98 Å². The number of hydrogen-bond donors (Lipinski definition) is 0. The van der Waals surface area contributed by atoms with Crippen molar-refractivity contribution in [2.24, 2.45) is 0 Å². The Bertz CT molecular complexity index is 536. The van der Waals surface area contributed by atoms with Gasteiger partial charge in [-0.05, 0) is 42.7 Å². The molecule has 1 aromatic heterocycles. The summed E-state index contributed by atoms with van der Waals surface area (Å²) in [5.41, 5.74) is 1.48. The van der Waals surface area contributed by atoms with E-state index in [0.717, 1.165) is 23.2 Å². The van der Waals surface area contributed by atoms with Crippen molar-refractivity contribution in [3.05, 3.63) is 59.9 Å². The molecule has 98 valence electrons. The SMILES string of the molecule is COc1ccc(C(C)(C=O)Cc2cccnc2)cc1. The fourth-order valence-corrected chi connectivity index (χ4v) is 2.11. The van der Waals surface area contributed by atoms with Gasteiger partial charge >= 0.3 is 0 Å². The van der Waals surface area contributed by atoms with Crippen LogP contribution >= 0.6 is 0 Å². The Balaban J connectivity index is 2.28. The monoisotopic (exact) mass is 255 g/mol. The number of aldehydes is 1. The molecule has 0 N–H and O–H groups in total. The van der Waals surface area contributed by atoms with Crippen LogP contribution in [0.1, 0.15) is 18.1 Å². The Morgan fingerprint density at radius 1 is 1.26 bits per heavy atom. The Kier molecular flexibility index (Phi) is 3.95. The van der Waals surface area contributed by atoms with Crippen molar-refractivity contribution in [2.75, 3.05) is 7.11 Å². The van der Waals surface area contributed by atoms with Gasteiger partial charge in [0.2, 0.25) is 0 Å². The standard InChI is InChI=1S/C16H17NO2/c1-16(12-18,10-13-4-3-9-17-11-13)14-5-7-15(19-2)8-6-14/h3-9,11-12H,10H2,1-2H3. The fourth-order valence-electron chi connectivity index (χ4n) is 2.11. The zero-order valence-electron chi connectivity index (χ0n) is 11.2. The summed E-state index contributed by atoms with van der Waals surface area (Å²) in [6.07, 6.45) is 5.17. The first-order chi connectivity index (χ1) is 9.18. The molecule has 0 radical (unpaired) electrons. The molecule has 3 nitrogen and oxygen atoms in total. The Hall–Kier alpha value is -2.16. The summed E-state index contributed by atoms with van der Waals surface area (Å²) in [6, 6.07) is 11.5. The molecule has 0 aliphatic rings. The summed E-state index contributed by atoms with van der Waals surface area (Å²) in [4.78, 5) is 15.6. The molecule has 19 heavy (non-hydrogen) atoms. The van der Waals surface area contributed by atoms with Crippen molar-refractivity contribution in [1.82, 2.24) is 4.98 Å². The zero-order valence-corrected chi connectivity index (χ0v) is 11.2. The number of pyridine rings is 1. The van der Waals surface area contributed by atoms with Crippen LogP contribution in [0.3, 0.4) is 0 Å². The van der Waals surface area contributed by atoms with Crippen LogP contribution in [-0.4, -0.2) is 18.4 Å². The van der Waals surface area contributed by atoms with Crippen LogP contribution in [0.2, 0.25) is 0 Å². The molecule has 1 atom stereocenters. The predicted molar refractivity (Wildman–Crippen MR) is 74.4 cm³/mol. The Morgan fingerprint density at radius 2 is 2.00 bits per heavy atom. The molecule has 0 fully saturated rings. The molecule has 0 saturated heterocycles. The lowest BCUT2D eigenvalue weighted by Gasteiger charge is -2.23. The van der Waals surface area contributed by atoms with Gasteiger partial charge in [-0.15, -0.1) is 0 Å². The molecule has 0 aliphatic heterocycles. The van der Waals surface area contributed by atoms with E-state index < -0.39 is 5.41 Å². The van der Waals surface area contributed by atoms with Gasteiger partial charge < -0.3 is 9.53 Å². The second-order valence-corrected chi connectivity index (χ2v) is 4.80. The van der Waals surface area contributed by atoms with E-state index in [1.54, 1.807) is 19.5 Å². The highest BCUT2D eigenvalue weighted by atomic mass is 16.5. The normalized spacial score (nSPS) is 13.6. The van der Waals surface area contributed by atoms with Crippen LogP contribution < -0.4 is 4.74 Å². The molecule has 0 aliphatic carbocycles. The molecule has 0 amide bonds. The van der Waals surface area contributed by atoms with E-state index in [4.69, 9.17) is 4.74 Å². The average Bonchev–Trinajstić information content (AvgIpc) is 2.48. The highest BCUT2D eigenvalue weighted by Crippen LogP contribution is 2.27. The van der Waals surface area contributed by atoms with Gasteiger partial charge in [0.05, 0.1) is 12.5 Å². The number of rotatable bonds is 5. The van der Waals surface area contributed by atoms with Gasteiger partial charge in [-0.3, -0.25) is 4.98 Å². The van der Waals surface area contributed by atoms with Gasteiger partial charge in [-0.25, -0.2) is 0 Å². The van der Waals surface area contributed by atoms with Gasteiger partial charge in [-0.1, -0.05) is 18.2 Å². The number of methoxy groups -OCH3 is 1. The first-order valence-corrected chi connectivity index (χ1v) is 6.18. The minimum atomic E-state index is -0.546. The molecule has 1 aromatic carbocycles. The van der Waals surface area contributed by atoms with Crippen LogP contribution in [0.25, 0.3) is 0 Å². The summed E-state index contributed by atoms with van der Waals surface area (Å²) >= 11 is 0. The molecule has 0 bridgehead atoms. The largest absolute Gasteiger partial charge is 0.497 e. The summed E-state index contributed by atoms with van der Waals surface area (Å²) in [5.74, 6) is 0.790. The van der Waals surface area contributed by atoms with Gasteiger partial charge in [0.1, 0.15) is 12.0 Å². The van der Waals surface area contributed by atoms with Crippen molar-refractivity contribution >= 4 is 6.29 Å². The van der Waals surface area contributed by atoms with Crippen molar-refractivity contribution in [1.29, 1.82) is 0 Å². The lowest BCUT2D eigenvalue weighted by atomic mass is 9.79. The van der Waals surface area contributed by atoms with Crippen LogP contribution in [0.15, 0.2) is 48.8 Å². The van der Waals surface area contributed by atoms with Gasteiger partial charge in [0.15, 0.2) is 0 Å². The molecular weight excluding hydrogens is 238 g/mol. The smallest absolute Gasteiger partial charge is 0.130 e. The zero-order chi connectivity index (χ0) is 13.7. The van der Waals surface area contributed by atoms with Crippen LogP contribution in [-0.2, 0) is 16.6 Å². The second-order valence-electron chi connectivity index (χ2n) is 4.80. The maximum atomic E-state index is 11.5. The van der Waals surface area contributed by atoms with Gasteiger partial charge in [0, 0.05) is 12.4 Å². The van der Waals surface area contributed by atoms with E-state index in [1.807, 2.05) is 43.3 Å². The van der Waals surface area contributed by atoms with Crippen molar-refractivity contribution < 1.29 is 9.53 Å². The average molecular weight is 255 g/mol. The summed E-state index contributed by atoms with van der Waals surface area (Å²) in [7, 11) is 1.63. The minimum absolute atomic E-state index is 0.546. The lowest BCUT2D eigenvalue weighted by molar-refractivity contribution is -0.112. The van der Waals surface area contributed by atoms with E-state index >= 15 is 0 Å². The summed E-state index contributed by atoms with van der Waals surface area (Å²) in [6.45, 7) is 1.94. The third-order valence-corrected chi connectivity index (χ3v) is 3.30. The van der Waals surface area contributed by atoms with E-state index in [1.165, 1.54) is 0 Å². The highest BCUT2D eigenvalue weighted by Gasteiger charge is 2.26. The second kappa shape index (κ2) is 5.65. The number of carbonyl (C=O) groups excluding carboxylic acids is 1. The molecule has 2 aromatic rings. The molecule has 1 unspecified atom stereocenters. The van der Waals surface area contributed by atoms with Crippen molar-refractivity contribution in [3.8, 4) is 5.75 Å². The van der Waals surface area contributed by atoms with Crippen LogP contribution in [0, 0.1) is 0 Å². The summed E-state index contributed by atoms with van der Waals surface area (Å²) in [5, 5.41) is 0. The Labute approximate surface area is 113 Å². The molecule has 0 spiro atoms. The molecule has 3 heteroatoms. The Morgan fingerprint density at radius 3 is 2.53 bits per heavy atom. The van der Waals surface area contributed by atoms with Gasteiger partial charge in [0.25, 0.3) is 0 Å². The van der Waals surface area contributed by atoms with Crippen LogP contribution in [0.4, 0.5) is 0 Å². The predicted octanol–water partition coefficient (Wildman–Crippen LogP) is 2.79. The molecular formula is C16H17NO2. The fraction of sp³-hybridized carbons (Fsp3) is 0.250. The third kappa shape index (κ3) is 2.99. The van der Waals surface area contributed by atoms with Crippen molar-refractivity contribution in [2.45, 2.75) is 18.8 Å². The topological polar surface area (TPSA) is 39.2 Å². The number of aromatic nitrogens is 1. The quantitative estimate of drug-likeness (QED) is 0.771. The first kappa shape index (κ1) is 13.3. The third-order valence-electron chi connectivity index (χ3n) is 3.30. The number of carbonyl (C=O) groups is 1. The number of benzene rings is 1. The van der Waals surface area contributed by atoms with E-state index in [9.17, 15) is 4.79 Å². The van der Waals surface area contributed by atoms with E-state index in [-0.39, 0.29) is 0 Å². The number of ether oxygens (including phenoxy) is 1. The lowest BCUT2D eigenvalue weighted by Crippen LogP contribution is -2.26. The highest BCUT2D eigenvalue weighted by molar-refractivity contribution is 5.68. The molecule has 0 saturated carbocycles. The summed E-state index contributed by atoms with van der Waals surface area (Å²) < 4.78 is 5.14. The molecule has 2 rings (SSSR count). The minimum Gasteiger partial charge on any atom is -0.497 e. The first-order valence-electron chi connectivity index (χ1n) is 6.18. The van der Waals surface area contributed by atoms with Gasteiger partial charge in [-0.2, -0.15) is 0 Å². The number of hydrogen-bond acceptors (Lipinski definition) is 3. The maximum absolute atomic E-state index is 11.5. The number of nitrogens with zero attached hydrogens (tertiary/aromatic N) is 1.